The van der Waals surface area contributed by atoms with Crippen LogP contribution in [0.1, 0.15) is 26.7 Å². The average Bonchev–Trinajstić information content (AvgIpc) is 2.75. The number of likely N-dealkylation sites (tertiary alicyclic amines) is 1. The summed E-state index contributed by atoms with van der Waals surface area (Å²) in [6.07, 6.45) is 3.03. The SMILES string of the molecule is CC(C)C1CN(C)CC1C1CC1. The van der Waals surface area contributed by atoms with E-state index < -0.39 is 0 Å². The van der Waals surface area contributed by atoms with Gasteiger partial charge in [0, 0.05) is 13.1 Å². The molecule has 0 spiro atoms. The lowest BCUT2D eigenvalue weighted by atomic mass is 9.83. The van der Waals surface area contributed by atoms with Gasteiger partial charge in [-0.25, -0.2) is 0 Å². The molecular formula is C11H21N. The third kappa shape index (κ3) is 1.52. The molecule has 0 aromatic carbocycles. The fraction of sp³-hybridized carbons (Fsp3) is 1.00. The molecule has 0 aromatic rings. The van der Waals surface area contributed by atoms with Crippen molar-refractivity contribution in [2.45, 2.75) is 26.7 Å². The van der Waals surface area contributed by atoms with Crippen LogP contribution in [0, 0.1) is 23.7 Å². The van der Waals surface area contributed by atoms with Gasteiger partial charge in [0.15, 0.2) is 0 Å². The van der Waals surface area contributed by atoms with E-state index in [1.54, 1.807) is 0 Å². The van der Waals surface area contributed by atoms with E-state index in [1.807, 2.05) is 0 Å². The number of hydrogen-bond acceptors (Lipinski definition) is 1. The molecule has 0 aromatic heterocycles. The van der Waals surface area contributed by atoms with Crippen LogP contribution in [0.2, 0.25) is 0 Å². The van der Waals surface area contributed by atoms with Crippen LogP contribution in [0.25, 0.3) is 0 Å². The zero-order valence-electron chi connectivity index (χ0n) is 8.59. The Labute approximate surface area is 76.1 Å². The molecular weight excluding hydrogens is 146 g/mol. The average molecular weight is 167 g/mol. The lowest BCUT2D eigenvalue weighted by Gasteiger charge is -2.21. The minimum absolute atomic E-state index is 0.889. The van der Waals surface area contributed by atoms with Crippen molar-refractivity contribution in [3.8, 4) is 0 Å². The molecule has 1 saturated carbocycles. The normalized spacial score (nSPS) is 38.0. The van der Waals surface area contributed by atoms with Crippen LogP contribution in [0.5, 0.6) is 0 Å². The molecule has 0 radical (unpaired) electrons. The third-order valence-electron chi connectivity index (χ3n) is 3.68. The second-order valence-corrected chi connectivity index (χ2v) is 5.13. The molecule has 2 rings (SSSR count). The summed E-state index contributed by atoms with van der Waals surface area (Å²) in [5, 5.41) is 0. The quantitative estimate of drug-likeness (QED) is 0.609. The van der Waals surface area contributed by atoms with E-state index >= 15 is 0 Å². The Balaban J connectivity index is 1.99. The molecule has 2 atom stereocenters. The Bertz CT molecular complexity index is 150. The first-order chi connectivity index (χ1) is 5.68. The van der Waals surface area contributed by atoms with Crippen molar-refractivity contribution in [1.82, 2.24) is 4.90 Å². The van der Waals surface area contributed by atoms with Crippen LogP contribution in [-0.4, -0.2) is 25.0 Å². The maximum absolute atomic E-state index is 2.52. The van der Waals surface area contributed by atoms with Crippen LogP contribution < -0.4 is 0 Å². The molecule has 1 heterocycles. The summed E-state index contributed by atoms with van der Waals surface area (Å²) in [6, 6.07) is 0. The smallest absolute Gasteiger partial charge is 0.00126 e. The highest BCUT2D eigenvalue weighted by Crippen LogP contribution is 2.45. The number of hydrogen-bond donors (Lipinski definition) is 0. The highest BCUT2D eigenvalue weighted by Gasteiger charge is 2.42. The first kappa shape index (κ1) is 8.55. The second-order valence-electron chi connectivity index (χ2n) is 5.13. The fourth-order valence-electron chi connectivity index (χ4n) is 2.79. The summed E-state index contributed by atoms with van der Waals surface area (Å²) in [5.74, 6) is 4.01. The van der Waals surface area contributed by atoms with Gasteiger partial charge in [0.25, 0.3) is 0 Å². The van der Waals surface area contributed by atoms with Crippen molar-refractivity contribution in [2.24, 2.45) is 23.7 Å². The Kier molecular flexibility index (Phi) is 2.16. The number of nitrogens with zero attached hydrogens (tertiary/aromatic N) is 1. The monoisotopic (exact) mass is 167 g/mol. The van der Waals surface area contributed by atoms with E-state index in [0.29, 0.717) is 0 Å². The second kappa shape index (κ2) is 3.02. The standard InChI is InChI=1S/C11H21N/c1-8(2)10-6-12(3)7-11(10)9-4-5-9/h8-11H,4-7H2,1-3H3. The summed E-state index contributed by atoms with van der Waals surface area (Å²) in [5.41, 5.74) is 0. The lowest BCUT2D eigenvalue weighted by molar-refractivity contribution is 0.291. The lowest BCUT2D eigenvalue weighted by Crippen LogP contribution is -2.19. The highest BCUT2D eigenvalue weighted by molar-refractivity contribution is 4.93. The Morgan fingerprint density at radius 2 is 1.83 bits per heavy atom. The molecule has 1 saturated heterocycles. The fourth-order valence-corrected chi connectivity index (χ4v) is 2.79. The maximum atomic E-state index is 2.52. The van der Waals surface area contributed by atoms with Gasteiger partial charge >= 0.3 is 0 Å². The van der Waals surface area contributed by atoms with Gasteiger partial charge in [-0.3, -0.25) is 0 Å². The van der Waals surface area contributed by atoms with E-state index in [0.717, 1.165) is 23.7 Å². The van der Waals surface area contributed by atoms with Gasteiger partial charge < -0.3 is 4.90 Å². The van der Waals surface area contributed by atoms with Gasteiger partial charge in [0.05, 0.1) is 0 Å². The van der Waals surface area contributed by atoms with Crippen molar-refractivity contribution in [2.75, 3.05) is 20.1 Å². The minimum Gasteiger partial charge on any atom is -0.306 e. The van der Waals surface area contributed by atoms with Crippen LogP contribution in [0.3, 0.4) is 0 Å². The molecule has 2 unspecified atom stereocenters. The Morgan fingerprint density at radius 3 is 2.33 bits per heavy atom. The Morgan fingerprint density at radius 1 is 1.17 bits per heavy atom. The molecule has 1 aliphatic heterocycles. The predicted molar refractivity (Wildman–Crippen MR) is 52.0 cm³/mol. The van der Waals surface area contributed by atoms with Crippen molar-refractivity contribution in [1.29, 1.82) is 0 Å². The molecule has 1 heteroatoms. The minimum atomic E-state index is 0.889. The van der Waals surface area contributed by atoms with Crippen molar-refractivity contribution >= 4 is 0 Å². The van der Waals surface area contributed by atoms with Crippen molar-refractivity contribution < 1.29 is 0 Å². The first-order valence-corrected chi connectivity index (χ1v) is 5.37. The molecule has 1 aliphatic carbocycles. The molecule has 0 amide bonds. The van der Waals surface area contributed by atoms with E-state index in [1.165, 1.54) is 25.9 Å². The van der Waals surface area contributed by atoms with E-state index in [9.17, 15) is 0 Å². The summed E-state index contributed by atoms with van der Waals surface area (Å²) in [4.78, 5) is 2.52. The van der Waals surface area contributed by atoms with E-state index in [-0.39, 0.29) is 0 Å². The van der Waals surface area contributed by atoms with E-state index in [4.69, 9.17) is 0 Å². The zero-order chi connectivity index (χ0) is 8.72. The molecule has 70 valence electrons. The van der Waals surface area contributed by atoms with Crippen molar-refractivity contribution in [3.63, 3.8) is 0 Å². The van der Waals surface area contributed by atoms with Gasteiger partial charge in [0.1, 0.15) is 0 Å². The van der Waals surface area contributed by atoms with Crippen LogP contribution in [0.4, 0.5) is 0 Å². The summed E-state index contributed by atoms with van der Waals surface area (Å²) >= 11 is 0. The van der Waals surface area contributed by atoms with Crippen LogP contribution in [-0.2, 0) is 0 Å². The Hall–Kier alpha value is -0.0400. The van der Waals surface area contributed by atoms with Crippen LogP contribution >= 0.6 is 0 Å². The summed E-state index contributed by atoms with van der Waals surface area (Å²) < 4.78 is 0. The molecule has 0 bridgehead atoms. The predicted octanol–water partition coefficient (Wildman–Crippen LogP) is 2.23. The molecule has 2 fully saturated rings. The molecule has 2 aliphatic rings. The van der Waals surface area contributed by atoms with Gasteiger partial charge in [-0.1, -0.05) is 13.8 Å². The first-order valence-electron chi connectivity index (χ1n) is 5.37. The molecule has 0 N–H and O–H groups in total. The maximum Gasteiger partial charge on any atom is 0.00126 e. The third-order valence-corrected chi connectivity index (χ3v) is 3.68. The highest BCUT2D eigenvalue weighted by atomic mass is 15.1. The van der Waals surface area contributed by atoms with Gasteiger partial charge in [0.2, 0.25) is 0 Å². The van der Waals surface area contributed by atoms with Crippen molar-refractivity contribution in [3.05, 3.63) is 0 Å². The topological polar surface area (TPSA) is 3.24 Å². The molecule has 1 nitrogen and oxygen atoms in total. The molecule has 12 heavy (non-hydrogen) atoms. The summed E-state index contributed by atoms with van der Waals surface area (Å²) in [7, 11) is 2.28. The summed E-state index contributed by atoms with van der Waals surface area (Å²) in [6.45, 7) is 7.49. The van der Waals surface area contributed by atoms with E-state index in [2.05, 4.69) is 25.8 Å². The van der Waals surface area contributed by atoms with Crippen LogP contribution in [0.15, 0.2) is 0 Å². The van der Waals surface area contributed by atoms with Gasteiger partial charge in [-0.15, -0.1) is 0 Å². The largest absolute Gasteiger partial charge is 0.306 e. The zero-order valence-corrected chi connectivity index (χ0v) is 8.59. The number of rotatable bonds is 2. The van der Waals surface area contributed by atoms with Gasteiger partial charge in [-0.05, 0) is 43.6 Å². The van der Waals surface area contributed by atoms with Gasteiger partial charge in [-0.2, -0.15) is 0 Å².